The smallest absolute Gasteiger partial charge is 0.140 e. The van der Waals surface area contributed by atoms with E-state index >= 15 is 0 Å². The maximum atomic E-state index is 13.3. The summed E-state index contributed by atoms with van der Waals surface area (Å²) in [5.41, 5.74) is 2.36. The van der Waals surface area contributed by atoms with E-state index in [2.05, 4.69) is 27.3 Å². The number of halogens is 2. The van der Waals surface area contributed by atoms with Crippen LogP contribution >= 0.6 is 15.9 Å². The van der Waals surface area contributed by atoms with Gasteiger partial charge in [0.25, 0.3) is 0 Å². The lowest BCUT2D eigenvalue weighted by molar-refractivity contribution is 0.624. The maximum Gasteiger partial charge on any atom is 0.140 e. The van der Waals surface area contributed by atoms with Crippen molar-refractivity contribution >= 4 is 21.6 Å². The lowest BCUT2D eigenvalue weighted by Gasteiger charge is -2.15. The molecule has 0 aromatic heterocycles. The standard InChI is InChI=1S/C15H12BrFN2/c1-10-2-5-12(17)8-14(10)15(9-18)19-13-6-3-11(16)4-7-13/h2-8,15,19H,1H3. The fourth-order valence-electron chi connectivity index (χ4n) is 1.81. The molecule has 0 saturated heterocycles. The molecule has 2 aromatic rings. The number of nitrogens with zero attached hydrogens (tertiary/aromatic N) is 1. The minimum Gasteiger partial charge on any atom is -0.366 e. The van der Waals surface area contributed by atoms with Crippen LogP contribution in [-0.4, -0.2) is 0 Å². The summed E-state index contributed by atoms with van der Waals surface area (Å²) in [4.78, 5) is 0. The zero-order valence-electron chi connectivity index (χ0n) is 10.3. The van der Waals surface area contributed by atoms with Gasteiger partial charge in [-0.3, -0.25) is 0 Å². The highest BCUT2D eigenvalue weighted by Crippen LogP contribution is 2.24. The van der Waals surface area contributed by atoms with Crippen molar-refractivity contribution in [3.05, 3.63) is 63.9 Å². The molecule has 1 N–H and O–H groups in total. The summed E-state index contributed by atoms with van der Waals surface area (Å²) in [5.74, 6) is -0.335. The van der Waals surface area contributed by atoms with Crippen LogP contribution in [0.15, 0.2) is 46.9 Å². The number of nitrogens with one attached hydrogen (secondary N) is 1. The van der Waals surface area contributed by atoms with Gasteiger partial charge in [-0.05, 0) is 54.4 Å². The first-order valence-electron chi connectivity index (χ1n) is 5.78. The molecule has 1 atom stereocenters. The third-order valence-corrected chi connectivity index (χ3v) is 3.37. The summed E-state index contributed by atoms with van der Waals surface area (Å²) < 4.78 is 14.3. The molecule has 4 heteroatoms. The first-order valence-corrected chi connectivity index (χ1v) is 6.57. The van der Waals surface area contributed by atoms with Crippen LogP contribution in [0.25, 0.3) is 0 Å². The molecule has 96 valence electrons. The Hall–Kier alpha value is -1.86. The predicted octanol–water partition coefficient (Wildman–Crippen LogP) is 4.57. The third kappa shape index (κ3) is 3.33. The summed E-state index contributed by atoms with van der Waals surface area (Å²) in [6.07, 6.45) is 0. The van der Waals surface area contributed by atoms with Gasteiger partial charge in [0.05, 0.1) is 6.07 Å². The monoisotopic (exact) mass is 318 g/mol. The number of hydrogen-bond donors (Lipinski definition) is 1. The molecule has 2 nitrogen and oxygen atoms in total. The van der Waals surface area contributed by atoms with Gasteiger partial charge in [-0.2, -0.15) is 5.26 Å². The van der Waals surface area contributed by atoms with Crippen molar-refractivity contribution in [2.75, 3.05) is 5.32 Å². The molecule has 0 heterocycles. The van der Waals surface area contributed by atoms with Gasteiger partial charge in [0.1, 0.15) is 11.9 Å². The molecule has 0 amide bonds. The zero-order valence-corrected chi connectivity index (χ0v) is 11.9. The first-order chi connectivity index (χ1) is 9.10. The second-order valence-electron chi connectivity index (χ2n) is 4.21. The van der Waals surface area contributed by atoms with Crippen molar-refractivity contribution in [3.8, 4) is 6.07 Å². The minimum atomic E-state index is -0.572. The summed E-state index contributed by atoms with van der Waals surface area (Å²) in [7, 11) is 0. The van der Waals surface area contributed by atoms with Gasteiger partial charge in [0.2, 0.25) is 0 Å². The normalized spacial score (nSPS) is 11.7. The Morgan fingerprint density at radius 1 is 1.21 bits per heavy atom. The topological polar surface area (TPSA) is 35.8 Å². The van der Waals surface area contributed by atoms with Crippen molar-refractivity contribution in [1.29, 1.82) is 5.26 Å². The lowest BCUT2D eigenvalue weighted by atomic mass is 10.0. The van der Waals surface area contributed by atoms with Crippen LogP contribution in [0, 0.1) is 24.1 Å². The molecule has 2 aromatic carbocycles. The third-order valence-electron chi connectivity index (χ3n) is 2.84. The molecule has 0 aliphatic heterocycles. The zero-order chi connectivity index (χ0) is 13.8. The van der Waals surface area contributed by atoms with Crippen LogP contribution in [-0.2, 0) is 0 Å². The van der Waals surface area contributed by atoms with E-state index in [-0.39, 0.29) is 5.82 Å². The average Bonchev–Trinajstić information content (AvgIpc) is 2.41. The van der Waals surface area contributed by atoms with Crippen molar-refractivity contribution in [2.45, 2.75) is 13.0 Å². The SMILES string of the molecule is Cc1ccc(F)cc1C(C#N)Nc1ccc(Br)cc1. The van der Waals surface area contributed by atoms with Gasteiger partial charge in [-0.1, -0.05) is 22.0 Å². The highest BCUT2D eigenvalue weighted by atomic mass is 79.9. The Bertz CT molecular complexity index is 617. The van der Waals surface area contributed by atoms with E-state index in [0.29, 0.717) is 5.56 Å². The van der Waals surface area contributed by atoms with E-state index < -0.39 is 6.04 Å². The molecule has 1 unspecified atom stereocenters. The Morgan fingerprint density at radius 2 is 1.89 bits per heavy atom. The number of benzene rings is 2. The summed E-state index contributed by atoms with van der Waals surface area (Å²) >= 11 is 3.35. The van der Waals surface area contributed by atoms with Gasteiger partial charge in [0.15, 0.2) is 0 Å². The largest absolute Gasteiger partial charge is 0.366 e. The van der Waals surface area contributed by atoms with E-state index in [1.165, 1.54) is 12.1 Å². The fraction of sp³-hybridized carbons (Fsp3) is 0.133. The van der Waals surface area contributed by atoms with Crippen LogP contribution in [0.5, 0.6) is 0 Å². The van der Waals surface area contributed by atoms with Crippen molar-refractivity contribution in [1.82, 2.24) is 0 Å². The Kier molecular flexibility index (Phi) is 4.18. The second-order valence-corrected chi connectivity index (χ2v) is 5.13. The average molecular weight is 319 g/mol. The number of aryl methyl sites for hydroxylation is 1. The molecular formula is C15H12BrFN2. The fourth-order valence-corrected chi connectivity index (χ4v) is 2.08. The quantitative estimate of drug-likeness (QED) is 0.899. The molecule has 0 aliphatic carbocycles. The summed E-state index contributed by atoms with van der Waals surface area (Å²) in [6.45, 7) is 1.86. The Morgan fingerprint density at radius 3 is 2.53 bits per heavy atom. The van der Waals surface area contributed by atoms with Crippen LogP contribution in [0.3, 0.4) is 0 Å². The molecule has 0 radical (unpaired) electrons. The number of hydrogen-bond acceptors (Lipinski definition) is 2. The highest BCUT2D eigenvalue weighted by molar-refractivity contribution is 9.10. The summed E-state index contributed by atoms with van der Waals surface area (Å²) in [6, 6.07) is 13.6. The van der Waals surface area contributed by atoms with Gasteiger partial charge in [-0.15, -0.1) is 0 Å². The van der Waals surface area contributed by atoms with Crippen LogP contribution in [0.4, 0.5) is 10.1 Å². The van der Waals surface area contributed by atoms with Gasteiger partial charge < -0.3 is 5.32 Å². The molecule has 0 spiro atoms. The van der Waals surface area contributed by atoms with E-state index in [9.17, 15) is 9.65 Å². The Balaban J connectivity index is 2.28. The van der Waals surface area contributed by atoms with Crippen LogP contribution < -0.4 is 5.32 Å². The highest BCUT2D eigenvalue weighted by Gasteiger charge is 2.13. The first kappa shape index (κ1) is 13.6. The minimum absolute atomic E-state index is 0.335. The molecular weight excluding hydrogens is 307 g/mol. The number of nitriles is 1. The number of anilines is 1. The molecule has 19 heavy (non-hydrogen) atoms. The van der Waals surface area contributed by atoms with Crippen LogP contribution in [0.2, 0.25) is 0 Å². The van der Waals surface area contributed by atoms with Gasteiger partial charge >= 0.3 is 0 Å². The molecule has 0 fully saturated rings. The van der Waals surface area contributed by atoms with Crippen molar-refractivity contribution in [2.24, 2.45) is 0 Å². The predicted molar refractivity (Wildman–Crippen MR) is 77.3 cm³/mol. The molecule has 0 aliphatic rings. The van der Waals surface area contributed by atoms with Crippen LogP contribution in [0.1, 0.15) is 17.2 Å². The molecule has 2 rings (SSSR count). The second kappa shape index (κ2) is 5.85. The van der Waals surface area contributed by atoms with Crippen molar-refractivity contribution in [3.63, 3.8) is 0 Å². The van der Waals surface area contributed by atoms with E-state index in [4.69, 9.17) is 0 Å². The van der Waals surface area contributed by atoms with Gasteiger partial charge in [-0.25, -0.2) is 4.39 Å². The molecule has 0 bridgehead atoms. The number of rotatable bonds is 3. The van der Waals surface area contributed by atoms with Gasteiger partial charge in [0, 0.05) is 10.2 Å². The van der Waals surface area contributed by atoms with E-state index in [1.807, 2.05) is 31.2 Å². The maximum absolute atomic E-state index is 13.3. The lowest BCUT2D eigenvalue weighted by Crippen LogP contribution is -2.10. The van der Waals surface area contributed by atoms with E-state index in [0.717, 1.165) is 15.7 Å². The Labute approximate surface area is 120 Å². The molecule has 0 saturated carbocycles. The van der Waals surface area contributed by atoms with E-state index in [1.54, 1.807) is 6.07 Å². The van der Waals surface area contributed by atoms with Crippen molar-refractivity contribution < 1.29 is 4.39 Å². The summed E-state index contributed by atoms with van der Waals surface area (Å²) in [5, 5.41) is 12.4.